The molecule has 1 fully saturated rings. The van der Waals surface area contributed by atoms with Gasteiger partial charge in [0.2, 0.25) is 0 Å². The highest BCUT2D eigenvalue weighted by molar-refractivity contribution is 6.36. The number of aliphatic imine (C=N–C) groups is 1. The Morgan fingerprint density at radius 1 is 1.42 bits per heavy atom. The number of nitrogens with zero attached hydrogens (tertiary/aromatic N) is 2. The molecule has 0 spiro atoms. The highest BCUT2D eigenvalue weighted by Crippen LogP contribution is 2.36. The van der Waals surface area contributed by atoms with Crippen LogP contribution in [0, 0.1) is 0 Å². The summed E-state index contributed by atoms with van der Waals surface area (Å²) in [6.45, 7) is 2.08. The minimum atomic E-state index is -0.106. The summed E-state index contributed by atoms with van der Waals surface area (Å²) >= 11 is 6.50. The van der Waals surface area contributed by atoms with Crippen molar-refractivity contribution in [3.8, 4) is 0 Å². The molecule has 0 radical (unpaired) electrons. The molecule has 0 saturated carbocycles. The van der Waals surface area contributed by atoms with Gasteiger partial charge >= 0.3 is 0 Å². The number of amidine groups is 1. The van der Waals surface area contributed by atoms with E-state index in [1.807, 2.05) is 0 Å². The van der Waals surface area contributed by atoms with E-state index in [9.17, 15) is 0 Å². The quantitative estimate of drug-likeness (QED) is 0.528. The molecule has 1 unspecified atom stereocenters. The molecule has 2 aliphatic rings. The predicted octanol–water partition coefficient (Wildman–Crippen LogP) is 1.88. The van der Waals surface area contributed by atoms with Crippen LogP contribution < -0.4 is 0 Å². The number of fused-ring (bicyclic) bond motifs is 1. The molecule has 3 heteroatoms. The number of halogens is 1. The summed E-state index contributed by atoms with van der Waals surface area (Å²) in [5.41, 5.74) is 0. The monoisotopic (exact) mass is 186 g/mol. The Morgan fingerprint density at radius 3 is 2.92 bits per heavy atom. The van der Waals surface area contributed by atoms with Gasteiger partial charge in [-0.25, -0.2) is 0 Å². The lowest BCUT2D eigenvalue weighted by molar-refractivity contribution is 0.365. The summed E-state index contributed by atoms with van der Waals surface area (Å²) in [7, 11) is 2.10. The van der Waals surface area contributed by atoms with Crippen molar-refractivity contribution < 1.29 is 0 Å². The summed E-state index contributed by atoms with van der Waals surface area (Å²) in [5, 5.41) is 0. The predicted molar refractivity (Wildman–Crippen MR) is 52.0 cm³/mol. The molecule has 0 bridgehead atoms. The first kappa shape index (κ1) is 8.36. The highest BCUT2D eigenvalue weighted by Gasteiger charge is 2.39. The van der Waals surface area contributed by atoms with E-state index in [2.05, 4.69) is 16.9 Å². The van der Waals surface area contributed by atoms with E-state index < -0.39 is 0 Å². The van der Waals surface area contributed by atoms with Gasteiger partial charge in [-0.3, -0.25) is 4.99 Å². The third-order valence-electron chi connectivity index (χ3n) is 2.82. The van der Waals surface area contributed by atoms with Crippen molar-refractivity contribution in [2.45, 2.75) is 30.6 Å². The minimum absolute atomic E-state index is 0.106. The van der Waals surface area contributed by atoms with Crippen LogP contribution in [0.3, 0.4) is 0 Å². The lowest BCUT2D eigenvalue weighted by atomic mass is 9.89. The van der Waals surface area contributed by atoms with Gasteiger partial charge < -0.3 is 4.90 Å². The first-order chi connectivity index (χ1) is 5.72. The molecule has 0 aromatic carbocycles. The fourth-order valence-electron chi connectivity index (χ4n) is 2.20. The second-order valence-corrected chi connectivity index (χ2v) is 4.52. The van der Waals surface area contributed by atoms with Gasteiger partial charge in [0.05, 0.1) is 0 Å². The zero-order valence-electron chi connectivity index (χ0n) is 7.52. The van der Waals surface area contributed by atoms with Gasteiger partial charge in [0, 0.05) is 20.1 Å². The Kier molecular flexibility index (Phi) is 2.03. The molecule has 0 aliphatic carbocycles. The molecular weight excluding hydrogens is 172 g/mol. The topological polar surface area (TPSA) is 15.6 Å². The fourth-order valence-corrected chi connectivity index (χ4v) is 2.67. The molecule has 2 rings (SSSR count). The second kappa shape index (κ2) is 2.91. The first-order valence-electron chi connectivity index (χ1n) is 4.67. The molecule has 1 atom stereocenters. The maximum Gasteiger partial charge on any atom is 0.120 e. The first-order valence-corrected chi connectivity index (χ1v) is 5.05. The standard InChI is InChI=1S/C9H15ClN2/c1-12-7-3-5-9(10)4-2-6-11-8(9)12/h2-7H2,1H3. The average molecular weight is 187 g/mol. The van der Waals surface area contributed by atoms with Crippen molar-refractivity contribution in [2.24, 2.45) is 4.99 Å². The van der Waals surface area contributed by atoms with Gasteiger partial charge in [-0.1, -0.05) is 0 Å². The fraction of sp³-hybridized carbons (Fsp3) is 0.889. The molecule has 12 heavy (non-hydrogen) atoms. The molecule has 2 heterocycles. The van der Waals surface area contributed by atoms with Crippen LogP contribution in [0.15, 0.2) is 4.99 Å². The van der Waals surface area contributed by atoms with Crippen LogP contribution in [0.2, 0.25) is 0 Å². The number of hydrogen-bond acceptors (Lipinski definition) is 2. The Labute approximate surface area is 78.6 Å². The molecule has 0 N–H and O–H groups in total. The van der Waals surface area contributed by atoms with Crippen LogP contribution in [0.4, 0.5) is 0 Å². The summed E-state index contributed by atoms with van der Waals surface area (Å²) in [6.07, 6.45) is 4.58. The van der Waals surface area contributed by atoms with Crippen LogP contribution in [0.1, 0.15) is 25.7 Å². The minimum Gasteiger partial charge on any atom is -0.362 e. The average Bonchev–Trinajstić information content (AvgIpc) is 2.04. The maximum atomic E-state index is 6.50. The van der Waals surface area contributed by atoms with Crippen LogP contribution in [0.5, 0.6) is 0 Å². The number of likely N-dealkylation sites (tertiary alicyclic amines) is 1. The number of rotatable bonds is 0. The van der Waals surface area contributed by atoms with Crippen molar-refractivity contribution in [1.82, 2.24) is 4.90 Å². The lowest BCUT2D eigenvalue weighted by Gasteiger charge is -2.41. The molecule has 0 aromatic rings. The number of piperidine rings is 1. The van der Waals surface area contributed by atoms with E-state index in [-0.39, 0.29) is 4.87 Å². The molecule has 1 saturated heterocycles. The van der Waals surface area contributed by atoms with E-state index in [0.717, 1.165) is 38.2 Å². The third-order valence-corrected chi connectivity index (χ3v) is 3.37. The van der Waals surface area contributed by atoms with E-state index >= 15 is 0 Å². The zero-order valence-corrected chi connectivity index (χ0v) is 8.27. The van der Waals surface area contributed by atoms with Crippen LogP contribution >= 0.6 is 11.6 Å². The summed E-state index contributed by atoms with van der Waals surface area (Å²) in [5.74, 6) is 1.14. The number of alkyl halides is 1. The van der Waals surface area contributed by atoms with Crippen LogP contribution in [-0.2, 0) is 0 Å². The van der Waals surface area contributed by atoms with E-state index in [1.54, 1.807) is 0 Å². The Bertz CT molecular complexity index is 215. The third kappa shape index (κ3) is 1.22. The SMILES string of the molecule is CN1CCCC2(Cl)CCCN=C12. The molecule has 0 amide bonds. The van der Waals surface area contributed by atoms with Gasteiger partial charge in [0.25, 0.3) is 0 Å². The lowest BCUT2D eigenvalue weighted by Crippen LogP contribution is -2.50. The largest absolute Gasteiger partial charge is 0.362 e. The summed E-state index contributed by atoms with van der Waals surface area (Å²) in [6, 6.07) is 0. The van der Waals surface area contributed by atoms with Crippen molar-refractivity contribution in [2.75, 3.05) is 20.1 Å². The number of hydrogen-bond donors (Lipinski definition) is 0. The molecule has 2 aliphatic heterocycles. The van der Waals surface area contributed by atoms with Crippen LogP contribution in [0.25, 0.3) is 0 Å². The van der Waals surface area contributed by atoms with Crippen molar-refractivity contribution in [1.29, 1.82) is 0 Å². The molecule has 0 aromatic heterocycles. The maximum absolute atomic E-state index is 6.50. The van der Waals surface area contributed by atoms with Crippen LogP contribution in [-0.4, -0.2) is 35.7 Å². The molecular formula is C9H15ClN2. The smallest absolute Gasteiger partial charge is 0.120 e. The van der Waals surface area contributed by atoms with Gasteiger partial charge in [-0.15, -0.1) is 11.6 Å². The molecule has 68 valence electrons. The Morgan fingerprint density at radius 2 is 2.17 bits per heavy atom. The Balaban J connectivity index is 2.27. The zero-order chi connectivity index (χ0) is 8.60. The van der Waals surface area contributed by atoms with E-state index in [0.29, 0.717) is 0 Å². The van der Waals surface area contributed by atoms with Gasteiger partial charge in [0.15, 0.2) is 0 Å². The van der Waals surface area contributed by atoms with E-state index in [1.165, 1.54) is 6.42 Å². The van der Waals surface area contributed by atoms with E-state index in [4.69, 9.17) is 11.6 Å². The summed E-state index contributed by atoms with van der Waals surface area (Å²) in [4.78, 5) is 6.63. The molecule has 2 nitrogen and oxygen atoms in total. The van der Waals surface area contributed by atoms with Crippen molar-refractivity contribution >= 4 is 17.4 Å². The van der Waals surface area contributed by atoms with Crippen molar-refractivity contribution in [3.63, 3.8) is 0 Å². The Hall–Kier alpha value is -0.240. The second-order valence-electron chi connectivity index (χ2n) is 3.80. The normalized spacial score (nSPS) is 35.8. The van der Waals surface area contributed by atoms with Crippen molar-refractivity contribution in [3.05, 3.63) is 0 Å². The van der Waals surface area contributed by atoms with Gasteiger partial charge in [-0.2, -0.15) is 0 Å². The summed E-state index contributed by atoms with van der Waals surface area (Å²) < 4.78 is 0. The van der Waals surface area contributed by atoms with Gasteiger partial charge in [0.1, 0.15) is 10.7 Å². The van der Waals surface area contributed by atoms with Gasteiger partial charge in [-0.05, 0) is 25.7 Å². The highest BCUT2D eigenvalue weighted by atomic mass is 35.5.